The summed E-state index contributed by atoms with van der Waals surface area (Å²) in [5.41, 5.74) is 3.95. The zero-order chi connectivity index (χ0) is 24.4. The first-order chi connectivity index (χ1) is 17.1. The van der Waals surface area contributed by atoms with Crippen molar-refractivity contribution in [2.24, 2.45) is 0 Å². The number of nitriles is 1. The molecule has 7 nitrogen and oxygen atoms in total. The van der Waals surface area contributed by atoms with Crippen molar-refractivity contribution in [2.75, 3.05) is 12.4 Å². The Labute approximate surface area is 206 Å². The average molecular weight is 482 g/mol. The lowest BCUT2D eigenvalue weighted by Crippen LogP contribution is -2.17. The molecule has 0 unspecified atom stereocenters. The molecule has 0 aliphatic rings. The maximum Gasteiger partial charge on any atom is 0.258 e. The first kappa shape index (κ1) is 22.4. The molecule has 0 aliphatic carbocycles. The number of para-hydroxylation sites is 2. The van der Waals surface area contributed by atoms with Gasteiger partial charge in [0.1, 0.15) is 28.7 Å². The molecule has 2 heterocycles. The number of halogens is 1. The van der Waals surface area contributed by atoms with E-state index in [4.69, 9.17) is 26.3 Å². The minimum absolute atomic E-state index is 0.254. The molecule has 0 saturated carbocycles. The Morgan fingerprint density at radius 2 is 1.80 bits per heavy atom. The van der Waals surface area contributed by atoms with E-state index in [1.54, 1.807) is 31.4 Å². The minimum atomic E-state index is -0.415. The number of carbonyl (C=O) groups is 1. The van der Waals surface area contributed by atoms with Crippen LogP contribution in [0.15, 0.2) is 72.8 Å². The molecule has 0 aliphatic heterocycles. The molecule has 0 saturated heterocycles. The van der Waals surface area contributed by atoms with Gasteiger partial charge in [-0.2, -0.15) is 5.26 Å². The molecule has 5 rings (SSSR count). The predicted molar refractivity (Wildman–Crippen MR) is 136 cm³/mol. The van der Waals surface area contributed by atoms with Gasteiger partial charge < -0.3 is 14.6 Å². The van der Waals surface area contributed by atoms with Crippen LogP contribution in [0.5, 0.6) is 5.75 Å². The fourth-order valence-corrected chi connectivity index (χ4v) is 4.26. The molecule has 0 atom stereocenters. The minimum Gasteiger partial charge on any atom is -0.497 e. The summed E-state index contributed by atoms with van der Waals surface area (Å²) in [4.78, 5) is 22.7. The van der Waals surface area contributed by atoms with Crippen LogP contribution in [0.2, 0.25) is 5.02 Å². The molecule has 35 heavy (non-hydrogen) atoms. The molecule has 1 amide bonds. The van der Waals surface area contributed by atoms with Crippen LogP contribution in [-0.4, -0.2) is 27.6 Å². The maximum atomic E-state index is 13.1. The highest BCUT2D eigenvalue weighted by atomic mass is 35.5. The second kappa shape index (κ2) is 9.45. The third kappa shape index (κ3) is 4.27. The highest BCUT2D eigenvalue weighted by Crippen LogP contribution is 2.30. The Hall–Kier alpha value is -4.41. The molecule has 0 radical (unpaired) electrons. The summed E-state index contributed by atoms with van der Waals surface area (Å²) < 4.78 is 7.18. The molecule has 2 aromatic heterocycles. The van der Waals surface area contributed by atoms with E-state index in [0.717, 1.165) is 11.3 Å². The van der Waals surface area contributed by atoms with E-state index in [0.29, 0.717) is 51.6 Å². The predicted octanol–water partition coefficient (Wildman–Crippen LogP) is 5.61. The number of carbonyl (C=O) groups excluding carboxylic acids is 1. The normalized spacial score (nSPS) is 10.9. The van der Waals surface area contributed by atoms with Crippen LogP contribution in [0, 0.1) is 11.3 Å². The summed E-state index contributed by atoms with van der Waals surface area (Å²) in [6.45, 7) is 0.455. The molecule has 172 valence electrons. The highest BCUT2D eigenvalue weighted by molar-refractivity contribution is 6.34. The molecular weight excluding hydrogens is 462 g/mol. The van der Waals surface area contributed by atoms with Crippen molar-refractivity contribution in [3.8, 4) is 11.8 Å². The number of nitrogens with one attached hydrogen (secondary N) is 1. The Bertz CT molecular complexity index is 1620. The van der Waals surface area contributed by atoms with Gasteiger partial charge in [0.2, 0.25) is 0 Å². The third-order valence-electron chi connectivity index (χ3n) is 5.77. The van der Waals surface area contributed by atoms with Crippen molar-refractivity contribution in [1.29, 1.82) is 5.26 Å². The molecule has 0 bridgehead atoms. The second-order valence-corrected chi connectivity index (χ2v) is 8.31. The SMILES string of the molecule is COc1cccc(CCn2c(NC(=O)c3ccccc3Cl)c(C#N)c3nc4ccccc4nc32)c1. The van der Waals surface area contributed by atoms with Crippen LogP contribution < -0.4 is 10.1 Å². The van der Waals surface area contributed by atoms with Crippen molar-refractivity contribution < 1.29 is 9.53 Å². The van der Waals surface area contributed by atoms with Gasteiger partial charge >= 0.3 is 0 Å². The fourth-order valence-electron chi connectivity index (χ4n) is 4.04. The van der Waals surface area contributed by atoms with Gasteiger partial charge in [-0.05, 0) is 48.4 Å². The molecule has 1 N–H and O–H groups in total. The van der Waals surface area contributed by atoms with Gasteiger partial charge in [-0.3, -0.25) is 4.79 Å². The number of hydrogen-bond donors (Lipinski definition) is 1. The summed E-state index contributed by atoms with van der Waals surface area (Å²) in [6.07, 6.45) is 0.620. The van der Waals surface area contributed by atoms with Gasteiger partial charge in [0.15, 0.2) is 5.65 Å². The van der Waals surface area contributed by atoms with Gasteiger partial charge in [-0.25, -0.2) is 9.97 Å². The first-order valence-electron chi connectivity index (χ1n) is 11.0. The third-order valence-corrected chi connectivity index (χ3v) is 6.10. The number of anilines is 1. The van der Waals surface area contributed by atoms with Crippen molar-refractivity contribution in [2.45, 2.75) is 13.0 Å². The molecular formula is C27H20ClN5O2. The van der Waals surface area contributed by atoms with E-state index >= 15 is 0 Å². The summed E-state index contributed by atoms with van der Waals surface area (Å²) in [6, 6.07) is 24.2. The van der Waals surface area contributed by atoms with Crippen LogP contribution in [0.25, 0.3) is 22.2 Å². The monoisotopic (exact) mass is 481 g/mol. The molecule has 3 aromatic carbocycles. The van der Waals surface area contributed by atoms with Crippen molar-refractivity contribution in [1.82, 2.24) is 14.5 Å². The standard InChI is InChI=1S/C27H20ClN5O2/c1-35-18-8-6-7-17(15-18)13-14-33-25(32-27(34)19-9-2-3-10-21(19)28)20(16-29)24-26(33)31-23-12-5-4-11-22(23)30-24/h2-12,15H,13-14H2,1H3,(H,32,34). The number of nitrogens with zero attached hydrogens (tertiary/aromatic N) is 4. The van der Waals surface area contributed by atoms with Crippen LogP contribution in [0.3, 0.4) is 0 Å². The van der Waals surface area contributed by atoms with E-state index in [-0.39, 0.29) is 5.56 Å². The lowest BCUT2D eigenvalue weighted by molar-refractivity contribution is 0.102. The number of fused-ring (bicyclic) bond motifs is 2. The van der Waals surface area contributed by atoms with Crippen molar-refractivity contribution >= 4 is 45.5 Å². The fraction of sp³-hybridized carbons (Fsp3) is 0.111. The maximum absolute atomic E-state index is 13.1. The Balaban J connectivity index is 1.64. The number of methoxy groups -OCH3 is 1. The van der Waals surface area contributed by atoms with Crippen LogP contribution >= 0.6 is 11.6 Å². The molecule has 5 aromatic rings. The Kier molecular flexibility index (Phi) is 6.04. The van der Waals surface area contributed by atoms with Gasteiger partial charge in [-0.15, -0.1) is 0 Å². The molecule has 0 fully saturated rings. The Morgan fingerprint density at radius 1 is 1.06 bits per heavy atom. The number of amides is 1. The van der Waals surface area contributed by atoms with Gasteiger partial charge in [0, 0.05) is 6.54 Å². The van der Waals surface area contributed by atoms with Crippen LogP contribution in [0.4, 0.5) is 5.82 Å². The van der Waals surface area contributed by atoms with Crippen LogP contribution in [0.1, 0.15) is 21.5 Å². The zero-order valence-electron chi connectivity index (χ0n) is 18.8. The lowest BCUT2D eigenvalue weighted by atomic mass is 10.1. The van der Waals surface area contributed by atoms with E-state index in [2.05, 4.69) is 11.4 Å². The summed E-state index contributed by atoms with van der Waals surface area (Å²) >= 11 is 6.25. The largest absolute Gasteiger partial charge is 0.497 e. The number of rotatable bonds is 6. The summed E-state index contributed by atoms with van der Waals surface area (Å²) in [5, 5.41) is 13.3. The van der Waals surface area contributed by atoms with Crippen LogP contribution in [-0.2, 0) is 13.0 Å². The van der Waals surface area contributed by atoms with Gasteiger partial charge in [-0.1, -0.05) is 48.0 Å². The van der Waals surface area contributed by atoms with E-state index in [1.165, 1.54) is 0 Å². The summed E-state index contributed by atoms with van der Waals surface area (Å²) in [7, 11) is 1.63. The zero-order valence-corrected chi connectivity index (χ0v) is 19.6. The number of ether oxygens (including phenoxy) is 1. The summed E-state index contributed by atoms with van der Waals surface area (Å²) in [5.74, 6) is 0.684. The second-order valence-electron chi connectivity index (χ2n) is 7.91. The van der Waals surface area contributed by atoms with Crippen molar-refractivity contribution in [3.63, 3.8) is 0 Å². The average Bonchev–Trinajstić information content (AvgIpc) is 3.17. The van der Waals surface area contributed by atoms with E-state index in [1.807, 2.05) is 53.1 Å². The number of aromatic nitrogens is 3. The smallest absolute Gasteiger partial charge is 0.258 e. The number of hydrogen-bond acceptors (Lipinski definition) is 5. The van der Waals surface area contributed by atoms with Gasteiger partial charge in [0.25, 0.3) is 5.91 Å². The van der Waals surface area contributed by atoms with E-state index < -0.39 is 5.91 Å². The Morgan fingerprint density at radius 3 is 2.54 bits per heavy atom. The quantitative estimate of drug-likeness (QED) is 0.340. The molecule has 0 spiro atoms. The van der Waals surface area contributed by atoms with E-state index in [9.17, 15) is 10.1 Å². The highest BCUT2D eigenvalue weighted by Gasteiger charge is 2.23. The number of aryl methyl sites for hydroxylation is 2. The molecule has 8 heteroatoms. The van der Waals surface area contributed by atoms with Crippen molar-refractivity contribution in [3.05, 3.63) is 94.5 Å². The first-order valence-corrected chi connectivity index (χ1v) is 11.3. The topological polar surface area (TPSA) is 92.8 Å². The lowest BCUT2D eigenvalue weighted by Gasteiger charge is -2.13. The van der Waals surface area contributed by atoms with Gasteiger partial charge in [0.05, 0.1) is 28.7 Å². The number of benzene rings is 3.